The third-order valence-electron chi connectivity index (χ3n) is 1.95. The van der Waals surface area contributed by atoms with E-state index in [4.69, 9.17) is 11.6 Å². The first-order chi connectivity index (χ1) is 6.48. The van der Waals surface area contributed by atoms with E-state index >= 15 is 0 Å². The molecule has 74 valence electrons. The molecule has 4 nitrogen and oxygen atoms in total. The maximum atomic E-state index is 5.91. The van der Waals surface area contributed by atoms with Gasteiger partial charge in [0.15, 0.2) is 10.8 Å². The van der Waals surface area contributed by atoms with E-state index in [9.17, 15) is 0 Å². The van der Waals surface area contributed by atoms with Crippen molar-refractivity contribution >= 4 is 36.3 Å². The van der Waals surface area contributed by atoms with E-state index in [1.54, 1.807) is 0 Å². The van der Waals surface area contributed by atoms with E-state index < -0.39 is 8.07 Å². The molecule has 6 heteroatoms. The van der Waals surface area contributed by atoms with Crippen LogP contribution >= 0.6 is 11.6 Å². The second-order valence-corrected chi connectivity index (χ2v) is 9.53. The molecule has 0 aliphatic carbocycles. The predicted molar refractivity (Wildman–Crippen MR) is 59.7 cm³/mol. The van der Waals surface area contributed by atoms with Crippen LogP contribution in [0, 0.1) is 0 Å². The average molecular weight is 227 g/mol. The molecule has 2 aromatic rings. The number of nitrogens with one attached hydrogen (secondary N) is 1. The van der Waals surface area contributed by atoms with Crippen LogP contribution in [-0.4, -0.2) is 28.0 Å². The van der Waals surface area contributed by atoms with Gasteiger partial charge in [0.25, 0.3) is 0 Å². The largest absolute Gasteiger partial charge is 0.342 e. The van der Waals surface area contributed by atoms with Gasteiger partial charge in [-0.1, -0.05) is 31.2 Å². The number of rotatable bonds is 1. The average Bonchev–Trinajstić information content (AvgIpc) is 2.48. The summed E-state index contributed by atoms with van der Waals surface area (Å²) >= 11 is 5.91. The van der Waals surface area contributed by atoms with Gasteiger partial charge >= 0.3 is 0 Å². The number of imidazole rings is 1. The second kappa shape index (κ2) is 3.03. The fourth-order valence-electron chi connectivity index (χ4n) is 1.16. The first kappa shape index (κ1) is 9.61. The molecule has 0 saturated heterocycles. The molecule has 2 heterocycles. The van der Waals surface area contributed by atoms with E-state index in [1.807, 2.05) is 0 Å². The van der Waals surface area contributed by atoms with Crippen molar-refractivity contribution in [2.45, 2.75) is 19.6 Å². The number of aromatic amines is 1. The number of hydrogen-bond acceptors (Lipinski definition) is 3. The van der Waals surface area contributed by atoms with E-state index in [0.717, 1.165) is 11.0 Å². The normalized spacial score (nSPS) is 12.3. The topological polar surface area (TPSA) is 54.5 Å². The smallest absolute Gasteiger partial charge is 0.181 e. The first-order valence-electron chi connectivity index (χ1n) is 4.35. The van der Waals surface area contributed by atoms with Crippen molar-refractivity contribution in [3.05, 3.63) is 11.5 Å². The van der Waals surface area contributed by atoms with Crippen LogP contribution < -0.4 is 5.45 Å². The van der Waals surface area contributed by atoms with E-state index in [2.05, 4.69) is 39.6 Å². The Morgan fingerprint density at radius 3 is 2.57 bits per heavy atom. The van der Waals surface area contributed by atoms with Gasteiger partial charge < -0.3 is 4.98 Å². The molecule has 0 aliphatic heterocycles. The lowest BCUT2D eigenvalue weighted by atomic mass is 10.6. The SMILES string of the molecule is C[Si](C)(C)c1nc2ncnc(Cl)c2[nH]1. The zero-order chi connectivity index (χ0) is 10.3. The zero-order valence-electron chi connectivity index (χ0n) is 8.30. The Hall–Kier alpha value is -0.943. The molecule has 2 aromatic heterocycles. The van der Waals surface area contributed by atoms with Crippen LogP contribution in [-0.2, 0) is 0 Å². The number of halogens is 1. The number of aromatic nitrogens is 4. The lowest BCUT2D eigenvalue weighted by molar-refractivity contribution is 1.20. The maximum Gasteiger partial charge on any atom is 0.181 e. The Bertz CT molecular complexity index is 474. The lowest BCUT2D eigenvalue weighted by Crippen LogP contribution is -2.40. The van der Waals surface area contributed by atoms with Crippen molar-refractivity contribution < 1.29 is 0 Å². The van der Waals surface area contributed by atoms with Gasteiger partial charge in [-0.25, -0.2) is 15.0 Å². The minimum absolute atomic E-state index is 0.437. The first-order valence-corrected chi connectivity index (χ1v) is 8.23. The molecule has 14 heavy (non-hydrogen) atoms. The van der Waals surface area contributed by atoms with Crippen LogP contribution in [0.2, 0.25) is 24.8 Å². The summed E-state index contributed by atoms with van der Waals surface area (Å²) in [7, 11) is -1.43. The van der Waals surface area contributed by atoms with Gasteiger partial charge in [-0.2, -0.15) is 0 Å². The van der Waals surface area contributed by atoms with E-state index in [-0.39, 0.29) is 0 Å². The van der Waals surface area contributed by atoms with E-state index in [0.29, 0.717) is 10.8 Å². The molecular formula is C8H11ClN4Si. The summed E-state index contributed by atoms with van der Waals surface area (Å²) in [5, 5.41) is 0.437. The molecule has 0 aromatic carbocycles. The van der Waals surface area contributed by atoms with Crippen molar-refractivity contribution in [3.63, 3.8) is 0 Å². The van der Waals surface area contributed by atoms with Crippen molar-refractivity contribution in [1.82, 2.24) is 19.9 Å². The molecule has 0 fully saturated rings. The van der Waals surface area contributed by atoms with Crippen molar-refractivity contribution in [3.8, 4) is 0 Å². The standard InChI is InChI=1S/C8H11ClN4Si/c1-14(2,3)8-12-5-6(9)10-4-11-7(5)13-8/h4H,1-3H3,(H,10,11,12,13). The highest BCUT2D eigenvalue weighted by Gasteiger charge is 2.22. The van der Waals surface area contributed by atoms with Crippen molar-refractivity contribution in [1.29, 1.82) is 0 Å². The Labute approximate surface area is 87.8 Å². The van der Waals surface area contributed by atoms with Gasteiger partial charge in [0.1, 0.15) is 19.9 Å². The summed E-state index contributed by atoms with van der Waals surface area (Å²) in [6.07, 6.45) is 1.43. The number of nitrogens with zero attached hydrogens (tertiary/aromatic N) is 3. The summed E-state index contributed by atoms with van der Waals surface area (Å²) in [6, 6.07) is 0. The van der Waals surface area contributed by atoms with Gasteiger partial charge in [0.05, 0.1) is 5.45 Å². The maximum absolute atomic E-state index is 5.91. The Kier molecular flexibility index (Phi) is 2.08. The molecule has 1 N–H and O–H groups in total. The summed E-state index contributed by atoms with van der Waals surface area (Å²) in [5.41, 5.74) is 2.41. The van der Waals surface area contributed by atoms with Gasteiger partial charge in [-0.3, -0.25) is 0 Å². The molecule has 0 spiro atoms. The molecule has 0 unspecified atom stereocenters. The fourth-order valence-corrected chi connectivity index (χ4v) is 2.27. The second-order valence-electron chi connectivity index (χ2n) is 4.20. The van der Waals surface area contributed by atoms with Crippen molar-refractivity contribution in [2.24, 2.45) is 0 Å². The third kappa shape index (κ3) is 1.53. The summed E-state index contributed by atoms with van der Waals surface area (Å²) in [4.78, 5) is 15.6. The minimum Gasteiger partial charge on any atom is -0.342 e. The minimum atomic E-state index is -1.43. The summed E-state index contributed by atoms with van der Waals surface area (Å²) < 4.78 is 0. The highest BCUT2D eigenvalue weighted by molar-refractivity contribution is 6.87. The molecule has 0 atom stereocenters. The number of H-pyrrole nitrogens is 1. The summed E-state index contributed by atoms with van der Waals surface area (Å²) in [5.74, 6) is 0. The Balaban J connectivity index is 2.69. The quantitative estimate of drug-likeness (QED) is 0.593. The monoisotopic (exact) mass is 226 g/mol. The van der Waals surface area contributed by atoms with Crippen molar-refractivity contribution in [2.75, 3.05) is 0 Å². The number of hydrogen-bond donors (Lipinski definition) is 1. The third-order valence-corrected chi connectivity index (χ3v) is 3.90. The molecule has 0 bridgehead atoms. The van der Waals surface area contributed by atoms with Crippen LogP contribution in [0.25, 0.3) is 11.2 Å². The molecular weight excluding hydrogens is 216 g/mol. The van der Waals surface area contributed by atoms with Gasteiger partial charge in [0, 0.05) is 0 Å². The number of fused-ring (bicyclic) bond motifs is 1. The van der Waals surface area contributed by atoms with Gasteiger partial charge in [-0.15, -0.1) is 0 Å². The van der Waals surface area contributed by atoms with Gasteiger partial charge in [0.2, 0.25) is 0 Å². The van der Waals surface area contributed by atoms with Crippen LogP contribution in [0.4, 0.5) is 0 Å². The molecule has 0 amide bonds. The lowest BCUT2D eigenvalue weighted by Gasteiger charge is -2.10. The zero-order valence-corrected chi connectivity index (χ0v) is 10.1. The van der Waals surface area contributed by atoms with Gasteiger partial charge in [-0.05, 0) is 0 Å². The highest BCUT2D eigenvalue weighted by atomic mass is 35.5. The Morgan fingerprint density at radius 2 is 2.00 bits per heavy atom. The van der Waals surface area contributed by atoms with Crippen LogP contribution in [0.1, 0.15) is 0 Å². The molecule has 0 aliphatic rings. The van der Waals surface area contributed by atoms with Crippen LogP contribution in [0.15, 0.2) is 6.33 Å². The van der Waals surface area contributed by atoms with Crippen LogP contribution in [0.3, 0.4) is 0 Å². The van der Waals surface area contributed by atoms with E-state index in [1.165, 1.54) is 6.33 Å². The highest BCUT2D eigenvalue weighted by Crippen LogP contribution is 2.14. The molecule has 0 saturated carbocycles. The molecule has 0 radical (unpaired) electrons. The molecule has 2 rings (SSSR count). The summed E-state index contributed by atoms with van der Waals surface area (Å²) in [6.45, 7) is 6.64. The van der Waals surface area contributed by atoms with Crippen LogP contribution in [0.5, 0.6) is 0 Å². The Morgan fingerprint density at radius 1 is 1.29 bits per heavy atom. The fraction of sp³-hybridized carbons (Fsp3) is 0.375. The predicted octanol–water partition coefficient (Wildman–Crippen LogP) is 1.55.